The van der Waals surface area contributed by atoms with E-state index >= 15 is 0 Å². The molecule has 0 atom stereocenters. The molecule has 0 aliphatic rings. The number of hydrogen-bond donors (Lipinski definition) is 2. The number of thioether (sulfide) groups is 1. The van der Waals surface area contributed by atoms with Crippen LogP contribution in [0.25, 0.3) is 0 Å². The topological polar surface area (TPSA) is 49.8 Å². The predicted molar refractivity (Wildman–Crippen MR) is 103 cm³/mol. The SMILES string of the molecule is CC.CSc1cccc(Nc2nc(NC(C)(C)C)ncc2C)c1. The van der Waals surface area contributed by atoms with Gasteiger partial charge in [-0.3, -0.25) is 0 Å². The van der Waals surface area contributed by atoms with E-state index in [1.807, 2.05) is 39.1 Å². The zero-order chi connectivity index (χ0) is 17.5. The third-order valence-electron chi connectivity index (χ3n) is 2.79. The van der Waals surface area contributed by atoms with Crippen molar-refractivity contribution in [2.24, 2.45) is 0 Å². The summed E-state index contributed by atoms with van der Waals surface area (Å²) in [6.45, 7) is 12.3. The van der Waals surface area contributed by atoms with Crippen LogP contribution >= 0.6 is 11.8 Å². The smallest absolute Gasteiger partial charge is 0.225 e. The highest BCUT2D eigenvalue weighted by atomic mass is 32.2. The fourth-order valence-corrected chi connectivity index (χ4v) is 2.26. The van der Waals surface area contributed by atoms with E-state index < -0.39 is 0 Å². The van der Waals surface area contributed by atoms with Gasteiger partial charge in [0.15, 0.2) is 0 Å². The molecule has 0 radical (unpaired) electrons. The van der Waals surface area contributed by atoms with Gasteiger partial charge in [0.2, 0.25) is 5.95 Å². The maximum absolute atomic E-state index is 4.57. The zero-order valence-corrected chi connectivity index (χ0v) is 16.0. The van der Waals surface area contributed by atoms with E-state index in [0.717, 1.165) is 17.1 Å². The van der Waals surface area contributed by atoms with Crippen LogP contribution in [-0.4, -0.2) is 21.8 Å². The van der Waals surface area contributed by atoms with E-state index in [2.05, 4.69) is 59.8 Å². The quantitative estimate of drug-likeness (QED) is 0.725. The Kier molecular flexibility index (Phi) is 7.36. The van der Waals surface area contributed by atoms with E-state index in [9.17, 15) is 0 Å². The highest BCUT2D eigenvalue weighted by Gasteiger charge is 2.12. The first-order valence-electron chi connectivity index (χ1n) is 7.90. The summed E-state index contributed by atoms with van der Waals surface area (Å²) in [5.41, 5.74) is 1.99. The van der Waals surface area contributed by atoms with Crippen LogP contribution < -0.4 is 10.6 Å². The molecule has 4 nitrogen and oxygen atoms in total. The molecule has 2 rings (SSSR count). The van der Waals surface area contributed by atoms with Crippen molar-refractivity contribution < 1.29 is 0 Å². The van der Waals surface area contributed by atoms with E-state index in [1.54, 1.807) is 11.8 Å². The van der Waals surface area contributed by atoms with Crippen LogP contribution in [0, 0.1) is 6.92 Å². The van der Waals surface area contributed by atoms with Gasteiger partial charge in [0, 0.05) is 27.9 Å². The van der Waals surface area contributed by atoms with Crippen LogP contribution in [0.15, 0.2) is 35.4 Å². The lowest BCUT2D eigenvalue weighted by Gasteiger charge is -2.21. The first-order valence-corrected chi connectivity index (χ1v) is 9.13. The van der Waals surface area contributed by atoms with Gasteiger partial charge in [-0.15, -0.1) is 11.8 Å². The minimum atomic E-state index is -0.0642. The predicted octanol–water partition coefficient (Wildman–Crippen LogP) is 5.49. The van der Waals surface area contributed by atoms with Gasteiger partial charge >= 0.3 is 0 Å². The second-order valence-corrected chi connectivity index (χ2v) is 6.84. The number of benzene rings is 1. The molecule has 0 spiro atoms. The molecule has 2 N–H and O–H groups in total. The van der Waals surface area contributed by atoms with Gasteiger partial charge in [-0.1, -0.05) is 19.9 Å². The van der Waals surface area contributed by atoms with Crippen molar-refractivity contribution in [3.05, 3.63) is 36.0 Å². The van der Waals surface area contributed by atoms with Gasteiger partial charge in [0.25, 0.3) is 0 Å². The van der Waals surface area contributed by atoms with Crippen molar-refractivity contribution in [3.8, 4) is 0 Å². The van der Waals surface area contributed by atoms with Crippen molar-refractivity contribution in [2.75, 3.05) is 16.9 Å². The Labute approximate surface area is 144 Å². The molecule has 0 aliphatic heterocycles. The summed E-state index contributed by atoms with van der Waals surface area (Å²) in [5, 5.41) is 6.66. The number of hydrogen-bond acceptors (Lipinski definition) is 5. The lowest BCUT2D eigenvalue weighted by Crippen LogP contribution is -2.27. The molecule has 2 aromatic rings. The summed E-state index contributed by atoms with van der Waals surface area (Å²) >= 11 is 1.72. The van der Waals surface area contributed by atoms with Crippen LogP contribution in [-0.2, 0) is 0 Å². The summed E-state index contributed by atoms with van der Waals surface area (Å²) < 4.78 is 0. The van der Waals surface area contributed by atoms with Crippen LogP contribution in [0.1, 0.15) is 40.2 Å². The van der Waals surface area contributed by atoms with Crippen molar-refractivity contribution in [3.63, 3.8) is 0 Å². The summed E-state index contributed by atoms with van der Waals surface area (Å²) in [6.07, 6.45) is 3.90. The van der Waals surface area contributed by atoms with Crippen LogP contribution in [0.5, 0.6) is 0 Å². The largest absolute Gasteiger partial charge is 0.350 e. The average molecular weight is 333 g/mol. The third kappa shape index (κ3) is 6.48. The molecule has 0 aliphatic carbocycles. The Morgan fingerprint density at radius 2 is 1.83 bits per heavy atom. The minimum absolute atomic E-state index is 0.0642. The third-order valence-corrected chi connectivity index (χ3v) is 3.52. The van der Waals surface area contributed by atoms with Crippen molar-refractivity contribution in [1.29, 1.82) is 0 Å². The van der Waals surface area contributed by atoms with Crippen LogP contribution in [0.4, 0.5) is 17.5 Å². The normalized spacial score (nSPS) is 10.6. The highest BCUT2D eigenvalue weighted by Crippen LogP contribution is 2.24. The Balaban J connectivity index is 0.00000127. The van der Waals surface area contributed by atoms with E-state index in [0.29, 0.717) is 5.95 Å². The second kappa shape index (κ2) is 8.77. The summed E-state index contributed by atoms with van der Waals surface area (Å²) in [5.74, 6) is 1.46. The number of nitrogens with zero attached hydrogens (tertiary/aromatic N) is 2. The molecule has 126 valence electrons. The van der Waals surface area contributed by atoms with Crippen molar-refractivity contribution in [1.82, 2.24) is 9.97 Å². The van der Waals surface area contributed by atoms with E-state index in [-0.39, 0.29) is 5.54 Å². The highest BCUT2D eigenvalue weighted by molar-refractivity contribution is 7.98. The minimum Gasteiger partial charge on any atom is -0.350 e. The van der Waals surface area contributed by atoms with Crippen LogP contribution in [0.3, 0.4) is 0 Å². The Morgan fingerprint density at radius 3 is 2.43 bits per heavy atom. The molecule has 0 saturated carbocycles. The standard InChI is InChI=1S/C16H22N4S.C2H6/c1-11-10-17-15(20-16(2,3)4)19-14(11)18-12-7-6-8-13(9-12)21-5;1-2/h6-10H,1-5H3,(H2,17,18,19,20);1-2H3. The lowest BCUT2D eigenvalue weighted by molar-refractivity contribution is 0.626. The van der Waals surface area contributed by atoms with Gasteiger partial charge in [-0.05, 0) is 52.1 Å². The number of anilines is 3. The van der Waals surface area contributed by atoms with E-state index in [1.165, 1.54) is 4.90 Å². The second-order valence-electron chi connectivity index (χ2n) is 5.96. The van der Waals surface area contributed by atoms with Crippen LogP contribution in [0.2, 0.25) is 0 Å². The number of rotatable bonds is 4. The molecule has 23 heavy (non-hydrogen) atoms. The Hall–Kier alpha value is -1.75. The number of aryl methyl sites for hydroxylation is 1. The van der Waals surface area contributed by atoms with Gasteiger partial charge in [-0.25, -0.2) is 4.98 Å². The number of nitrogens with one attached hydrogen (secondary N) is 2. The monoisotopic (exact) mass is 332 g/mol. The molecule has 0 bridgehead atoms. The fraction of sp³-hybridized carbons (Fsp3) is 0.444. The molecular weight excluding hydrogens is 304 g/mol. The summed E-state index contributed by atoms with van der Waals surface area (Å²) in [6, 6.07) is 8.29. The molecule has 0 unspecified atom stereocenters. The first kappa shape index (κ1) is 19.3. The first-order chi connectivity index (χ1) is 10.9. The molecule has 1 aromatic heterocycles. The van der Waals surface area contributed by atoms with Gasteiger partial charge < -0.3 is 10.6 Å². The van der Waals surface area contributed by atoms with Gasteiger partial charge in [0.05, 0.1) is 0 Å². The Bertz CT molecular complexity index is 621. The van der Waals surface area contributed by atoms with Gasteiger partial charge in [-0.2, -0.15) is 4.98 Å². The molecular formula is C18H28N4S. The molecule has 0 fully saturated rings. The maximum Gasteiger partial charge on any atom is 0.225 e. The molecule has 1 heterocycles. The van der Waals surface area contributed by atoms with Gasteiger partial charge in [0.1, 0.15) is 5.82 Å². The van der Waals surface area contributed by atoms with E-state index in [4.69, 9.17) is 0 Å². The lowest BCUT2D eigenvalue weighted by atomic mass is 10.1. The summed E-state index contributed by atoms with van der Waals surface area (Å²) in [7, 11) is 0. The fourth-order valence-electron chi connectivity index (χ4n) is 1.80. The molecule has 0 saturated heterocycles. The molecule has 1 aromatic carbocycles. The average Bonchev–Trinajstić information content (AvgIpc) is 2.51. The van der Waals surface area contributed by atoms with Crippen molar-refractivity contribution >= 4 is 29.2 Å². The summed E-state index contributed by atoms with van der Waals surface area (Å²) in [4.78, 5) is 10.1. The molecule has 5 heteroatoms. The molecule has 0 amide bonds. The van der Waals surface area contributed by atoms with Crippen molar-refractivity contribution in [2.45, 2.75) is 52.0 Å². The zero-order valence-electron chi connectivity index (χ0n) is 15.2. The number of aromatic nitrogens is 2. The maximum atomic E-state index is 4.57. The Morgan fingerprint density at radius 1 is 1.13 bits per heavy atom.